The van der Waals surface area contributed by atoms with Gasteiger partial charge in [0, 0.05) is 22.6 Å². The van der Waals surface area contributed by atoms with Crippen molar-refractivity contribution in [1.82, 2.24) is 5.32 Å². The lowest BCUT2D eigenvalue weighted by atomic mass is 9.98. The van der Waals surface area contributed by atoms with Crippen LogP contribution in [0.1, 0.15) is 34.0 Å². The molecule has 33 heavy (non-hydrogen) atoms. The molecule has 1 atom stereocenters. The van der Waals surface area contributed by atoms with Crippen molar-refractivity contribution in [1.29, 1.82) is 0 Å². The summed E-state index contributed by atoms with van der Waals surface area (Å²) in [5.41, 5.74) is 1.91. The fourth-order valence-electron chi connectivity index (χ4n) is 3.44. The van der Waals surface area contributed by atoms with E-state index in [2.05, 4.69) is 17.2 Å². The number of carbonyl (C=O) groups is 3. The minimum atomic E-state index is -3.87. The maximum Gasteiger partial charge on any atom is 0.330 e. The molecule has 176 valence electrons. The van der Waals surface area contributed by atoms with E-state index in [1.54, 1.807) is 64.1 Å². The summed E-state index contributed by atoms with van der Waals surface area (Å²) in [6.45, 7) is 10.4. The molecule has 0 saturated carbocycles. The zero-order chi connectivity index (χ0) is 24.6. The van der Waals surface area contributed by atoms with Gasteiger partial charge in [0.25, 0.3) is 5.52 Å². The molecular formula is C24H29N2O6P. The molecule has 0 saturated heterocycles. The number of carbonyl (C=O) groups excluding carboxylic acids is 3. The van der Waals surface area contributed by atoms with Gasteiger partial charge >= 0.3 is 19.4 Å². The summed E-state index contributed by atoms with van der Waals surface area (Å²) in [4.78, 5) is 37.0. The Hall–Kier alpha value is -3.22. The molecule has 0 aliphatic carbocycles. The number of aryl methyl sites for hydroxylation is 2. The SMILES string of the molecule is C=CC(=O)OCCNC(=O)Nc1c(C)cc(C)c(C(=O)P(=O)(OCC)c2ccccc2)c1C. The summed E-state index contributed by atoms with van der Waals surface area (Å²) in [5.74, 6) is -0.581. The molecule has 0 aliphatic heterocycles. The first-order chi connectivity index (χ1) is 15.7. The number of ether oxygens (including phenoxy) is 1. The summed E-state index contributed by atoms with van der Waals surface area (Å²) >= 11 is 0. The van der Waals surface area contributed by atoms with E-state index in [1.165, 1.54) is 0 Å². The van der Waals surface area contributed by atoms with Crippen LogP contribution in [0.4, 0.5) is 10.5 Å². The van der Waals surface area contributed by atoms with Crippen molar-refractivity contribution >= 4 is 35.9 Å². The number of urea groups is 1. The van der Waals surface area contributed by atoms with Gasteiger partial charge in [0.2, 0.25) is 0 Å². The average Bonchev–Trinajstić information content (AvgIpc) is 2.79. The van der Waals surface area contributed by atoms with Gasteiger partial charge in [-0.05, 0) is 56.5 Å². The van der Waals surface area contributed by atoms with E-state index in [0.717, 1.165) is 11.6 Å². The van der Waals surface area contributed by atoms with Gasteiger partial charge in [-0.25, -0.2) is 9.59 Å². The fraction of sp³-hybridized carbons (Fsp3) is 0.292. The Balaban J connectivity index is 2.34. The first kappa shape index (κ1) is 26.0. The van der Waals surface area contributed by atoms with Gasteiger partial charge < -0.3 is 19.9 Å². The second kappa shape index (κ2) is 11.6. The topological polar surface area (TPSA) is 111 Å². The predicted octanol–water partition coefficient (Wildman–Crippen LogP) is 4.24. The molecule has 0 aliphatic rings. The van der Waals surface area contributed by atoms with Crippen LogP contribution in [0.15, 0.2) is 49.1 Å². The van der Waals surface area contributed by atoms with Crippen molar-refractivity contribution in [3.63, 3.8) is 0 Å². The standard InChI is InChI=1S/C24H29N2O6P/c1-6-20(27)31-14-13-25-24(29)26-22-17(4)15-16(3)21(18(22)5)23(28)33(30,32-7-2)19-11-9-8-10-12-19/h6,8-12,15H,1,7,13-14H2,2-5H3,(H2,25,26,29). The number of hydrogen-bond donors (Lipinski definition) is 2. The fourth-order valence-corrected chi connectivity index (χ4v) is 5.51. The minimum Gasteiger partial charge on any atom is -0.461 e. The summed E-state index contributed by atoms with van der Waals surface area (Å²) in [7, 11) is -3.87. The summed E-state index contributed by atoms with van der Waals surface area (Å²) in [6.07, 6.45) is 1.04. The molecule has 8 nitrogen and oxygen atoms in total. The molecule has 0 radical (unpaired) electrons. The first-order valence-corrected chi connectivity index (χ1v) is 12.1. The van der Waals surface area contributed by atoms with Crippen LogP contribution in [0.25, 0.3) is 0 Å². The Kier molecular flexibility index (Phi) is 9.14. The largest absolute Gasteiger partial charge is 0.461 e. The molecule has 2 rings (SSSR count). The molecule has 0 bridgehead atoms. The van der Waals surface area contributed by atoms with Crippen LogP contribution in [0.2, 0.25) is 0 Å². The van der Waals surface area contributed by atoms with Crippen molar-refractivity contribution in [2.45, 2.75) is 27.7 Å². The Morgan fingerprint density at radius 1 is 1.09 bits per heavy atom. The van der Waals surface area contributed by atoms with Crippen LogP contribution >= 0.6 is 7.37 Å². The number of rotatable bonds is 10. The predicted molar refractivity (Wildman–Crippen MR) is 128 cm³/mol. The lowest BCUT2D eigenvalue weighted by molar-refractivity contribution is -0.137. The lowest BCUT2D eigenvalue weighted by Crippen LogP contribution is -2.32. The van der Waals surface area contributed by atoms with Crippen LogP contribution in [0.3, 0.4) is 0 Å². The summed E-state index contributed by atoms with van der Waals surface area (Å²) < 4.78 is 24.1. The van der Waals surface area contributed by atoms with E-state index in [1.807, 2.05) is 0 Å². The van der Waals surface area contributed by atoms with Gasteiger partial charge in [-0.3, -0.25) is 9.36 Å². The van der Waals surface area contributed by atoms with Crippen molar-refractivity contribution in [2.24, 2.45) is 0 Å². The molecule has 2 amide bonds. The van der Waals surface area contributed by atoms with E-state index < -0.39 is 24.9 Å². The maximum absolute atomic E-state index is 13.8. The average molecular weight is 472 g/mol. The molecule has 9 heteroatoms. The molecule has 0 aromatic heterocycles. The third kappa shape index (κ3) is 6.18. The zero-order valence-electron chi connectivity index (χ0n) is 19.3. The highest BCUT2D eigenvalue weighted by atomic mass is 31.2. The molecule has 2 aromatic rings. The zero-order valence-corrected chi connectivity index (χ0v) is 20.2. The van der Waals surface area contributed by atoms with E-state index in [0.29, 0.717) is 22.1 Å². The van der Waals surface area contributed by atoms with E-state index >= 15 is 0 Å². The van der Waals surface area contributed by atoms with Crippen LogP contribution < -0.4 is 15.9 Å². The van der Waals surface area contributed by atoms with Gasteiger partial charge in [0.05, 0.1) is 13.2 Å². The highest BCUT2D eigenvalue weighted by molar-refractivity contribution is 7.83. The van der Waals surface area contributed by atoms with Crippen molar-refractivity contribution in [2.75, 3.05) is 25.1 Å². The third-order valence-corrected chi connectivity index (χ3v) is 7.26. The second-order valence-corrected chi connectivity index (χ2v) is 9.53. The molecule has 2 N–H and O–H groups in total. The first-order valence-electron chi connectivity index (χ1n) is 10.5. The van der Waals surface area contributed by atoms with Crippen molar-refractivity contribution in [3.05, 3.63) is 71.3 Å². The molecule has 0 fully saturated rings. The van der Waals surface area contributed by atoms with E-state index in [4.69, 9.17) is 9.26 Å². The van der Waals surface area contributed by atoms with Crippen molar-refractivity contribution < 1.29 is 28.2 Å². The van der Waals surface area contributed by atoms with Crippen molar-refractivity contribution in [3.8, 4) is 0 Å². The number of anilines is 1. The Labute approximate surface area is 193 Å². The molecule has 0 spiro atoms. The molecule has 0 heterocycles. The van der Waals surface area contributed by atoms with E-state index in [-0.39, 0.29) is 25.3 Å². The normalized spacial score (nSPS) is 12.4. The Bertz CT molecular complexity index is 1100. The molecular weight excluding hydrogens is 443 g/mol. The molecule has 1 unspecified atom stereocenters. The van der Waals surface area contributed by atoms with Gasteiger partial charge in [0.15, 0.2) is 0 Å². The summed E-state index contributed by atoms with van der Waals surface area (Å²) in [6, 6.07) is 9.61. The summed E-state index contributed by atoms with van der Waals surface area (Å²) in [5, 5.41) is 5.63. The smallest absolute Gasteiger partial charge is 0.330 e. The van der Waals surface area contributed by atoms with Crippen LogP contribution in [0, 0.1) is 20.8 Å². The van der Waals surface area contributed by atoms with Crippen LogP contribution in [0.5, 0.6) is 0 Å². The highest BCUT2D eigenvalue weighted by Gasteiger charge is 2.38. The van der Waals surface area contributed by atoms with Crippen LogP contribution in [-0.2, 0) is 18.6 Å². The minimum absolute atomic E-state index is 0.0114. The van der Waals surface area contributed by atoms with E-state index in [9.17, 15) is 18.9 Å². The number of nitrogens with one attached hydrogen (secondary N) is 2. The monoisotopic (exact) mass is 472 g/mol. The van der Waals surface area contributed by atoms with Crippen LogP contribution in [-0.4, -0.2) is 37.3 Å². The molecule has 2 aromatic carbocycles. The number of amides is 2. The Morgan fingerprint density at radius 3 is 2.36 bits per heavy atom. The lowest BCUT2D eigenvalue weighted by Gasteiger charge is -2.22. The van der Waals surface area contributed by atoms with Gasteiger partial charge in [-0.2, -0.15) is 0 Å². The van der Waals surface area contributed by atoms with Gasteiger partial charge in [-0.15, -0.1) is 0 Å². The maximum atomic E-state index is 13.8. The highest BCUT2D eigenvalue weighted by Crippen LogP contribution is 2.50. The second-order valence-electron chi connectivity index (χ2n) is 7.25. The quantitative estimate of drug-likeness (QED) is 0.232. The third-order valence-electron chi connectivity index (χ3n) is 4.90. The van der Waals surface area contributed by atoms with Gasteiger partial charge in [-0.1, -0.05) is 30.8 Å². The number of benzene rings is 2. The number of hydrogen-bond acceptors (Lipinski definition) is 6. The van der Waals surface area contributed by atoms with Gasteiger partial charge in [0.1, 0.15) is 6.61 Å². The number of esters is 1. The Morgan fingerprint density at radius 2 is 1.76 bits per heavy atom.